The van der Waals surface area contributed by atoms with E-state index in [0.717, 1.165) is 89.6 Å². The molecule has 444 valence electrons. The Bertz CT molecular complexity index is 1740. The highest BCUT2D eigenvalue weighted by molar-refractivity contribution is 9.09. The largest absolute Gasteiger partial charge is 1.00 e. The minimum absolute atomic E-state index is 0. The summed E-state index contributed by atoms with van der Waals surface area (Å²) in [7, 11) is 0. The molecule has 8 rings (SSSR count). The molecule has 6 heteroatoms. The lowest BCUT2D eigenvalue weighted by Gasteiger charge is -2.58. The Morgan fingerprint density at radius 2 is 0.947 bits per heavy atom. The summed E-state index contributed by atoms with van der Waals surface area (Å²) in [6, 6.07) is 0. The average Bonchev–Trinajstić information content (AvgIpc) is 3.95. The lowest BCUT2D eigenvalue weighted by atomic mass is 9.47. The molecule has 0 aromatic heterocycles. The Morgan fingerprint density at radius 3 is 1.30 bits per heavy atom. The van der Waals surface area contributed by atoms with Crippen LogP contribution in [0, 0.1) is 92.7 Å². The van der Waals surface area contributed by atoms with Crippen LogP contribution in [0.25, 0.3) is 0 Å². The highest BCUT2D eigenvalue weighted by Crippen LogP contribution is 2.69. The van der Waals surface area contributed by atoms with Gasteiger partial charge in [0.05, 0.1) is 45.1 Å². The first-order valence-electron chi connectivity index (χ1n) is 33.5. The van der Waals surface area contributed by atoms with Crippen molar-refractivity contribution in [1.82, 2.24) is 4.90 Å². The quantitative estimate of drug-likeness (QED) is 0.0578. The summed E-state index contributed by atoms with van der Waals surface area (Å²) in [5.74, 6) is 11.2. The second kappa shape index (κ2) is 30.2. The number of likely N-dealkylation sites (N-methyl/N-ethyl adjacent to an activating group) is 1. The van der Waals surface area contributed by atoms with E-state index in [9.17, 15) is 0 Å². The van der Waals surface area contributed by atoms with E-state index in [-0.39, 0.29) is 17.0 Å². The van der Waals surface area contributed by atoms with Crippen LogP contribution in [0.1, 0.15) is 252 Å². The first-order valence-corrected chi connectivity index (χ1v) is 34.6. The van der Waals surface area contributed by atoms with Gasteiger partial charge >= 0.3 is 0 Å². The summed E-state index contributed by atoms with van der Waals surface area (Å²) in [5.41, 5.74) is 5.66. The number of alkyl halides is 1. The van der Waals surface area contributed by atoms with Crippen molar-refractivity contribution in [3.8, 4) is 0 Å². The van der Waals surface area contributed by atoms with Gasteiger partial charge in [-0.1, -0.05) is 168 Å². The van der Waals surface area contributed by atoms with Crippen LogP contribution in [0.15, 0.2) is 23.3 Å². The Labute approximate surface area is 493 Å². The number of quaternary nitrogens is 1. The fraction of sp³-hybridized carbons (Fsp3) is 0.943. The molecule has 8 aliphatic rings. The van der Waals surface area contributed by atoms with Crippen LogP contribution in [0.5, 0.6) is 0 Å². The molecule has 0 bridgehead atoms. The van der Waals surface area contributed by atoms with Gasteiger partial charge in [-0.15, -0.1) is 0 Å². The number of nitrogens with zero attached hydrogens (tertiary/aromatic N) is 2. The van der Waals surface area contributed by atoms with E-state index in [1.54, 1.807) is 11.1 Å². The molecule has 0 aromatic carbocycles. The second-order valence-corrected chi connectivity index (χ2v) is 30.2. The zero-order valence-corrected chi connectivity index (χ0v) is 56.5. The highest BCUT2D eigenvalue weighted by atomic mass is 79.9. The van der Waals surface area contributed by atoms with Gasteiger partial charge in [0.1, 0.15) is 6.54 Å². The van der Waals surface area contributed by atoms with Crippen LogP contribution in [0.3, 0.4) is 0 Å². The molecule has 0 aliphatic heterocycles. The summed E-state index contributed by atoms with van der Waals surface area (Å²) >= 11 is 3.53. The van der Waals surface area contributed by atoms with Crippen molar-refractivity contribution in [3.63, 3.8) is 0 Å². The smallest absolute Gasteiger partial charge is 0.102 e. The van der Waals surface area contributed by atoms with Crippen molar-refractivity contribution in [2.24, 2.45) is 92.7 Å². The van der Waals surface area contributed by atoms with E-state index >= 15 is 0 Å². The van der Waals surface area contributed by atoms with E-state index in [0.29, 0.717) is 33.9 Å². The summed E-state index contributed by atoms with van der Waals surface area (Å²) in [4.78, 5) is 2.38. The van der Waals surface area contributed by atoms with Crippen LogP contribution >= 0.6 is 15.9 Å². The predicted molar refractivity (Wildman–Crippen MR) is 330 cm³/mol. The standard InChI is InChI=1S/C35H64NO.C29H49BrO.C6H15N.BrH/c1-9-36(10-2,11-3)23-24-37-29-19-21-34(7)28(25-29)15-16-30-32-18-17-31(27(6)14-12-13-26(4)5)35(32,8)22-20-33(30)34;1-20(2)7-6-8-21(3)25-11-12-26-24-10-9-22-19-23(31-18-17-30)13-15-28(22,4)27(24)14-16-29(25,26)5;1-4-7(5-2)6-3;/h15,26-27,29-33H,9-14,16-25H2,1-8H3;9,20-21,23-27H,6-8,10-19H2,1-5H3;4-6H2,1-3H3;1H/q+1;;;/p-1. The minimum Gasteiger partial charge on any atom is -1.00 e. The van der Waals surface area contributed by atoms with Crippen LogP contribution < -0.4 is 17.0 Å². The predicted octanol–water partition coefficient (Wildman–Crippen LogP) is 16.4. The SMILES string of the molecule is CC(C)CCCC(C)C1CCC2C3CC=C4CC(OCCBr)CCC4(C)C3CCC12C.CCN(CC)CC.CC[N+](CC)(CC)CCOC1CCC2(C)C(=CCC3C2CCC2(C)C(C(C)CCCC(C)C)CCC32)C1.[Br-]. The zero-order chi connectivity index (χ0) is 54.8. The molecule has 8 aliphatic carbocycles. The van der Waals surface area contributed by atoms with E-state index in [1.165, 1.54) is 192 Å². The molecular formula is C70H128Br2N2O2. The fourth-order valence-corrected chi connectivity index (χ4v) is 20.2. The van der Waals surface area contributed by atoms with Gasteiger partial charge in [0.2, 0.25) is 0 Å². The summed E-state index contributed by atoms with van der Waals surface area (Å²) < 4.78 is 13.9. The maximum atomic E-state index is 6.59. The number of allylic oxidation sites excluding steroid dienone is 2. The molecule has 0 saturated heterocycles. The van der Waals surface area contributed by atoms with Crippen LogP contribution in [0.2, 0.25) is 0 Å². The summed E-state index contributed by atoms with van der Waals surface area (Å²) in [6.07, 6.45) is 37.3. The van der Waals surface area contributed by atoms with E-state index in [2.05, 4.69) is 144 Å². The minimum atomic E-state index is 0. The van der Waals surface area contributed by atoms with E-state index in [4.69, 9.17) is 9.47 Å². The zero-order valence-electron chi connectivity index (χ0n) is 53.3. The number of hydrogen-bond donors (Lipinski definition) is 0. The van der Waals surface area contributed by atoms with E-state index in [1.807, 2.05) is 0 Å². The molecule has 0 heterocycles. The van der Waals surface area contributed by atoms with Crippen molar-refractivity contribution in [2.75, 3.05) is 64.4 Å². The molecule has 6 fully saturated rings. The monoisotopic (exact) mass is 1190 g/mol. The third-order valence-electron chi connectivity index (χ3n) is 25.2. The third kappa shape index (κ3) is 15.1. The maximum absolute atomic E-state index is 6.59. The van der Waals surface area contributed by atoms with Crippen molar-refractivity contribution in [2.45, 2.75) is 264 Å². The van der Waals surface area contributed by atoms with Gasteiger partial charge < -0.3 is 35.8 Å². The van der Waals surface area contributed by atoms with Gasteiger partial charge in [-0.2, -0.15) is 0 Å². The molecule has 0 amide bonds. The first-order chi connectivity index (χ1) is 35.8. The first kappa shape index (κ1) is 67.1. The van der Waals surface area contributed by atoms with Gasteiger partial charge in [0.25, 0.3) is 0 Å². The normalized spacial score (nSPS) is 37.4. The van der Waals surface area contributed by atoms with Gasteiger partial charge in [0, 0.05) is 5.33 Å². The number of rotatable bonds is 23. The summed E-state index contributed by atoms with van der Waals surface area (Å²) in [5, 5.41) is 0.960. The van der Waals surface area contributed by atoms with Crippen molar-refractivity contribution in [1.29, 1.82) is 0 Å². The molecular weight excluding hydrogens is 1060 g/mol. The number of halogens is 2. The molecule has 0 N–H and O–H groups in total. The molecule has 16 unspecified atom stereocenters. The van der Waals surface area contributed by atoms with Crippen molar-refractivity contribution in [3.05, 3.63) is 23.3 Å². The van der Waals surface area contributed by atoms with Gasteiger partial charge in [0.15, 0.2) is 0 Å². The Kier molecular flexibility index (Phi) is 26.7. The van der Waals surface area contributed by atoms with Gasteiger partial charge in [-0.25, -0.2) is 0 Å². The number of fused-ring (bicyclic) bond motifs is 10. The van der Waals surface area contributed by atoms with Gasteiger partial charge in [-0.05, 0) is 236 Å². The fourth-order valence-electron chi connectivity index (χ4n) is 20.0. The highest BCUT2D eigenvalue weighted by Gasteiger charge is 2.61. The second-order valence-electron chi connectivity index (χ2n) is 29.4. The molecule has 6 saturated carbocycles. The van der Waals surface area contributed by atoms with Crippen molar-refractivity contribution < 1.29 is 30.9 Å². The third-order valence-corrected chi connectivity index (χ3v) is 25.5. The Balaban J connectivity index is 0.000000249. The average molecular weight is 1190 g/mol. The number of hydrogen-bond acceptors (Lipinski definition) is 3. The van der Waals surface area contributed by atoms with Crippen LogP contribution in [-0.2, 0) is 9.47 Å². The molecule has 0 radical (unpaired) electrons. The molecule has 4 nitrogen and oxygen atoms in total. The Hall–Kier alpha value is 0.280. The van der Waals surface area contributed by atoms with E-state index < -0.39 is 0 Å². The lowest BCUT2D eigenvalue weighted by molar-refractivity contribution is -0.923. The Morgan fingerprint density at radius 1 is 0.539 bits per heavy atom. The summed E-state index contributed by atoms with van der Waals surface area (Å²) in [6.45, 7) is 49.3. The van der Waals surface area contributed by atoms with Crippen molar-refractivity contribution >= 4 is 15.9 Å². The van der Waals surface area contributed by atoms with Gasteiger partial charge in [-0.3, -0.25) is 0 Å². The van der Waals surface area contributed by atoms with Crippen LogP contribution in [0.4, 0.5) is 0 Å². The maximum Gasteiger partial charge on any atom is 0.102 e. The van der Waals surface area contributed by atoms with Crippen LogP contribution in [-0.4, -0.2) is 85.9 Å². The topological polar surface area (TPSA) is 21.7 Å². The molecule has 0 spiro atoms. The lowest BCUT2D eigenvalue weighted by Crippen LogP contribution is -3.00. The molecule has 76 heavy (non-hydrogen) atoms. The molecule has 16 atom stereocenters. The molecule has 0 aromatic rings. The number of ether oxygens (including phenoxy) is 2.